The topological polar surface area (TPSA) is 69.6 Å². The van der Waals surface area contributed by atoms with Crippen LogP contribution in [0.2, 0.25) is 0 Å². The third-order valence-corrected chi connectivity index (χ3v) is 3.54. The van der Waals surface area contributed by atoms with Crippen LogP contribution in [-0.2, 0) is 16.0 Å². The van der Waals surface area contributed by atoms with E-state index >= 15 is 0 Å². The van der Waals surface area contributed by atoms with Crippen LogP contribution in [0.1, 0.15) is 12.0 Å². The van der Waals surface area contributed by atoms with Gasteiger partial charge >= 0.3 is 5.97 Å². The molecule has 1 saturated heterocycles. The van der Waals surface area contributed by atoms with Crippen molar-refractivity contribution in [3.8, 4) is 0 Å². The second-order valence-corrected chi connectivity index (χ2v) is 5.25. The van der Waals surface area contributed by atoms with E-state index in [0.717, 1.165) is 25.9 Å². The molecular weight excluding hydrogens is 256 g/mol. The smallest absolute Gasteiger partial charge is 0.322 e. The van der Waals surface area contributed by atoms with Crippen LogP contribution in [0.25, 0.3) is 0 Å². The lowest BCUT2D eigenvalue weighted by atomic mass is 9.99. The molecule has 1 aromatic rings. The minimum Gasteiger partial charge on any atom is -0.480 e. The molecule has 1 fully saturated rings. The second-order valence-electron chi connectivity index (χ2n) is 5.25. The van der Waals surface area contributed by atoms with Crippen molar-refractivity contribution in [2.24, 2.45) is 5.92 Å². The first-order valence-corrected chi connectivity index (χ1v) is 6.88. The highest BCUT2D eigenvalue weighted by atomic mass is 16.4. The van der Waals surface area contributed by atoms with Gasteiger partial charge in [-0.3, -0.25) is 14.5 Å². The standard InChI is InChI=1S/C15H20N2O3/c18-14(16-9-15(19)20)11-17-7-6-13(10-17)8-12-4-2-1-3-5-12/h1-5,13H,6-11H2,(H,16,18)(H,19,20). The number of hydrogen-bond acceptors (Lipinski definition) is 3. The molecule has 1 heterocycles. The van der Waals surface area contributed by atoms with Crippen LogP contribution in [0.3, 0.4) is 0 Å². The van der Waals surface area contributed by atoms with Gasteiger partial charge in [-0.15, -0.1) is 0 Å². The van der Waals surface area contributed by atoms with Gasteiger partial charge in [-0.1, -0.05) is 30.3 Å². The average Bonchev–Trinajstić information content (AvgIpc) is 2.85. The van der Waals surface area contributed by atoms with Gasteiger partial charge in [0.05, 0.1) is 6.54 Å². The molecule has 1 atom stereocenters. The Morgan fingerprint density at radius 1 is 1.30 bits per heavy atom. The molecule has 5 nitrogen and oxygen atoms in total. The van der Waals surface area contributed by atoms with E-state index in [-0.39, 0.29) is 12.5 Å². The van der Waals surface area contributed by atoms with Gasteiger partial charge in [-0.2, -0.15) is 0 Å². The third kappa shape index (κ3) is 4.66. The first kappa shape index (κ1) is 14.5. The van der Waals surface area contributed by atoms with Crippen LogP contribution in [0.5, 0.6) is 0 Å². The number of amides is 1. The summed E-state index contributed by atoms with van der Waals surface area (Å²) in [5.74, 6) is -0.654. The number of benzene rings is 1. The van der Waals surface area contributed by atoms with Gasteiger partial charge in [0.1, 0.15) is 6.54 Å². The second kappa shape index (κ2) is 7.05. The van der Waals surface area contributed by atoms with Crippen molar-refractivity contribution in [3.05, 3.63) is 35.9 Å². The van der Waals surface area contributed by atoms with Crippen LogP contribution in [0, 0.1) is 5.92 Å². The van der Waals surface area contributed by atoms with Gasteiger partial charge in [0.15, 0.2) is 0 Å². The van der Waals surface area contributed by atoms with E-state index in [9.17, 15) is 9.59 Å². The molecule has 5 heteroatoms. The Bertz CT molecular complexity index is 461. The van der Waals surface area contributed by atoms with Crippen molar-refractivity contribution in [2.75, 3.05) is 26.2 Å². The number of rotatable bonds is 6. The highest BCUT2D eigenvalue weighted by Gasteiger charge is 2.24. The lowest BCUT2D eigenvalue weighted by Crippen LogP contribution is -2.38. The maximum absolute atomic E-state index is 11.6. The van der Waals surface area contributed by atoms with Gasteiger partial charge in [0, 0.05) is 6.54 Å². The summed E-state index contributed by atoms with van der Waals surface area (Å²) in [4.78, 5) is 24.0. The summed E-state index contributed by atoms with van der Waals surface area (Å²) in [5.41, 5.74) is 1.33. The summed E-state index contributed by atoms with van der Waals surface area (Å²) < 4.78 is 0. The minimum atomic E-state index is -1.01. The summed E-state index contributed by atoms with van der Waals surface area (Å²) >= 11 is 0. The fourth-order valence-electron chi connectivity index (χ4n) is 2.60. The maximum atomic E-state index is 11.6. The van der Waals surface area contributed by atoms with Crippen LogP contribution < -0.4 is 5.32 Å². The molecule has 0 radical (unpaired) electrons. The van der Waals surface area contributed by atoms with Crippen molar-refractivity contribution in [2.45, 2.75) is 12.8 Å². The third-order valence-electron chi connectivity index (χ3n) is 3.54. The van der Waals surface area contributed by atoms with Crippen LogP contribution in [0.4, 0.5) is 0 Å². The van der Waals surface area contributed by atoms with Crippen molar-refractivity contribution in [1.29, 1.82) is 0 Å². The van der Waals surface area contributed by atoms with E-state index in [1.807, 2.05) is 18.2 Å². The Morgan fingerprint density at radius 2 is 2.05 bits per heavy atom. The Labute approximate surface area is 118 Å². The zero-order valence-electron chi connectivity index (χ0n) is 11.4. The normalized spacial score (nSPS) is 18.9. The molecule has 0 bridgehead atoms. The van der Waals surface area contributed by atoms with Crippen LogP contribution in [0.15, 0.2) is 30.3 Å². The van der Waals surface area contributed by atoms with Gasteiger partial charge in [-0.05, 0) is 30.9 Å². The first-order chi connectivity index (χ1) is 9.63. The first-order valence-electron chi connectivity index (χ1n) is 6.88. The van der Waals surface area contributed by atoms with Crippen molar-refractivity contribution in [1.82, 2.24) is 10.2 Å². The molecule has 0 aliphatic carbocycles. The monoisotopic (exact) mass is 276 g/mol. The highest BCUT2D eigenvalue weighted by Crippen LogP contribution is 2.20. The summed E-state index contributed by atoms with van der Waals surface area (Å²) in [6.07, 6.45) is 2.12. The zero-order valence-corrected chi connectivity index (χ0v) is 11.4. The van der Waals surface area contributed by atoms with E-state index in [1.54, 1.807) is 0 Å². The number of hydrogen-bond donors (Lipinski definition) is 2. The highest BCUT2D eigenvalue weighted by molar-refractivity contribution is 5.82. The van der Waals surface area contributed by atoms with E-state index in [2.05, 4.69) is 22.3 Å². The van der Waals surface area contributed by atoms with Gasteiger partial charge in [0.25, 0.3) is 0 Å². The summed E-state index contributed by atoms with van der Waals surface area (Å²) in [5, 5.41) is 10.9. The van der Waals surface area contributed by atoms with Crippen molar-refractivity contribution in [3.63, 3.8) is 0 Å². The lowest BCUT2D eigenvalue weighted by Gasteiger charge is -2.15. The van der Waals surface area contributed by atoms with Crippen LogP contribution in [-0.4, -0.2) is 48.1 Å². The molecule has 2 N–H and O–H groups in total. The Morgan fingerprint density at radius 3 is 2.75 bits per heavy atom. The van der Waals surface area contributed by atoms with Crippen LogP contribution >= 0.6 is 0 Å². The van der Waals surface area contributed by atoms with Gasteiger partial charge in [0.2, 0.25) is 5.91 Å². The Kier molecular flexibility index (Phi) is 5.12. The Balaban J connectivity index is 1.72. The van der Waals surface area contributed by atoms with E-state index in [4.69, 9.17) is 5.11 Å². The number of aliphatic carboxylic acids is 1. The molecule has 1 amide bonds. The Hall–Kier alpha value is -1.88. The molecule has 1 unspecified atom stereocenters. The quantitative estimate of drug-likeness (QED) is 0.804. The van der Waals surface area contributed by atoms with E-state index < -0.39 is 5.97 Å². The van der Waals surface area contributed by atoms with E-state index in [1.165, 1.54) is 5.56 Å². The molecule has 108 valence electrons. The lowest BCUT2D eigenvalue weighted by molar-refractivity contribution is -0.138. The molecule has 1 aliphatic heterocycles. The number of carboxylic acids is 1. The van der Waals surface area contributed by atoms with E-state index in [0.29, 0.717) is 12.5 Å². The number of carbonyl (C=O) groups excluding carboxylic acids is 1. The summed E-state index contributed by atoms with van der Waals surface area (Å²) in [6, 6.07) is 10.4. The maximum Gasteiger partial charge on any atom is 0.322 e. The number of nitrogens with zero attached hydrogens (tertiary/aromatic N) is 1. The molecule has 1 aromatic carbocycles. The molecule has 2 rings (SSSR count). The van der Waals surface area contributed by atoms with Crippen molar-refractivity contribution >= 4 is 11.9 Å². The summed E-state index contributed by atoms with van der Waals surface area (Å²) in [7, 11) is 0. The number of likely N-dealkylation sites (tertiary alicyclic amines) is 1. The molecule has 0 aromatic heterocycles. The fourth-order valence-corrected chi connectivity index (χ4v) is 2.60. The SMILES string of the molecule is O=C(O)CNC(=O)CN1CCC(Cc2ccccc2)C1. The predicted molar refractivity (Wildman–Crippen MR) is 75.3 cm³/mol. The molecular formula is C15H20N2O3. The van der Waals surface area contributed by atoms with Gasteiger partial charge < -0.3 is 10.4 Å². The average molecular weight is 276 g/mol. The minimum absolute atomic E-state index is 0.215. The molecule has 0 spiro atoms. The zero-order chi connectivity index (χ0) is 14.4. The molecule has 20 heavy (non-hydrogen) atoms. The number of nitrogens with one attached hydrogen (secondary N) is 1. The van der Waals surface area contributed by atoms with Gasteiger partial charge in [-0.25, -0.2) is 0 Å². The number of carbonyl (C=O) groups is 2. The summed E-state index contributed by atoms with van der Waals surface area (Å²) in [6.45, 7) is 1.78. The van der Waals surface area contributed by atoms with Crippen molar-refractivity contribution < 1.29 is 14.7 Å². The molecule has 0 saturated carbocycles. The molecule has 1 aliphatic rings. The largest absolute Gasteiger partial charge is 0.480 e. The number of carboxylic acid groups (broad SMARTS) is 1. The predicted octanol–water partition coefficient (Wildman–Crippen LogP) is 0.752. The fraction of sp³-hybridized carbons (Fsp3) is 0.467.